The number of halogens is 1. The van der Waals surface area contributed by atoms with Gasteiger partial charge in [-0.3, -0.25) is 0 Å². The largest absolute Gasteiger partial charge is 0.144 e. The standard InChI is InChI=1S/C16H7BrS3.C16H8S3/c17-16-5-9-4-11-10-3-8-1-2-18-12(8)6-14(10)19-15(11)7-13(9)20-16;1-3-17-13-7-15-11(5-9(1)13)12-6-10-2-4-18-14(10)8-16(12)19-15/h1-7H;1-8H. The summed E-state index contributed by atoms with van der Waals surface area (Å²) in [5.41, 5.74) is 0. The fraction of sp³-hybridized carbons (Fsp3) is 0. The molecule has 39 heavy (non-hydrogen) atoms. The Hall–Kier alpha value is -2.36. The maximum Gasteiger partial charge on any atom is 0.0711 e. The Kier molecular flexibility index (Phi) is 5.28. The molecule has 6 aromatic heterocycles. The van der Waals surface area contributed by atoms with Crippen molar-refractivity contribution < 1.29 is 0 Å². The van der Waals surface area contributed by atoms with Crippen LogP contribution in [0, 0.1) is 0 Å². The molecule has 4 aromatic carbocycles. The highest BCUT2D eigenvalue weighted by Crippen LogP contribution is 2.42. The first-order valence-electron chi connectivity index (χ1n) is 12.3. The molecule has 0 amide bonds. The molecule has 0 atom stereocenters. The first-order valence-corrected chi connectivity index (χ1v) is 18.2. The van der Waals surface area contributed by atoms with Crippen LogP contribution in [0.2, 0.25) is 0 Å². The SMILES string of the molecule is Brc1cc2cc3c(cc2s1)sc1cc2sccc2cc13.c1cc2cc3c(cc2s1)sc1cc2sccc2cc13. The highest BCUT2D eigenvalue weighted by atomic mass is 79.9. The molecule has 0 fully saturated rings. The zero-order valence-corrected chi connectivity index (χ0v) is 26.5. The van der Waals surface area contributed by atoms with Gasteiger partial charge in [-0.25, -0.2) is 0 Å². The summed E-state index contributed by atoms with van der Waals surface area (Å²) in [4.78, 5) is 0. The van der Waals surface area contributed by atoms with Crippen LogP contribution in [0.1, 0.15) is 0 Å². The summed E-state index contributed by atoms with van der Waals surface area (Å²) in [6, 6.07) is 27.6. The lowest BCUT2D eigenvalue weighted by atomic mass is 10.1. The Balaban J connectivity index is 0.000000113. The van der Waals surface area contributed by atoms with Crippen molar-refractivity contribution in [2.45, 2.75) is 0 Å². The van der Waals surface area contributed by atoms with Crippen molar-refractivity contribution in [3.8, 4) is 0 Å². The highest BCUT2D eigenvalue weighted by molar-refractivity contribution is 9.11. The van der Waals surface area contributed by atoms with E-state index in [2.05, 4.69) is 105 Å². The van der Waals surface area contributed by atoms with Gasteiger partial charge in [-0.05, 0) is 126 Å². The van der Waals surface area contributed by atoms with Gasteiger partial charge in [0, 0.05) is 59.1 Å². The molecule has 0 aliphatic carbocycles. The van der Waals surface area contributed by atoms with Gasteiger partial charge in [0.25, 0.3) is 0 Å². The minimum atomic E-state index is 1.20. The number of benzene rings is 4. The molecular weight excluding hydrogens is 657 g/mol. The average molecular weight is 672 g/mol. The summed E-state index contributed by atoms with van der Waals surface area (Å²) >= 11 is 14.7. The zero-order chi connectivity index (χ0) is 25.7. The topological polar surface area (TPSA) is 0 Å². The van der Waals surface area contributed by atoms with E-state index in [0.29, 0.717) is 0 Å². The molecule has 0 aliphatic rings. The Morgan fingerprint density at radius 1 is 0.359 bits per heavy atom. The molecule has 0 radical (unpaired) electrons. The van der Waals surface area contributed by atoms with E-state index in [0.717, 1.165) is 0 Å². The molecule has 0 nitrogen and oxygen atoms in total. The lowest BCUT2D eigenvalue weighted by Gasteiger charge is -1.94. The summed E-state index contributed by atoms with van der Waals surface area (Å²) in [5.74, 6) is 0. The highest BCUT2D eigenvalue weighted by Gasteiger charge is 2.11. The van der Waals surface area contributed by atoms with Gasteiger partial charge in [-0.15, -0.1) is 68.0 Å². The molecular formula is C32H15BrS6. The molecule has 10 rings (SSSR count). The van der Waals surface area contributed by atoms with Crippen LogP contribution < -0.4 is 0 Å². The average Bonchev–Trinajstić information content (AvgIpc) is 3.76. The summed E-state index contributed by atoms with van der Waals surface area (Å²) in [6.45, 7) is 0. The van der Waals surface area contributed by atoms with Crippen LogP contribution in [0.25, 0.3) is 80.7 Å². The fourth-order valence-electron chi connectivity index (χ4n) is 5.43. The second-order valence-electron chi connectivity index (χ2n) is 9.56. The maximum absolute atomic E-state index is 3.59. The Morgan fingerprint density at radius 3 is 1.18 bits per heavy atom. The number of rotatable bonds is 0. The molecule has 0 saturated heterocycles. The molecule has 10 aromatic rings. The second kappa shape index (κ2) is 8.82. The molecule has 0 aliphatic heterocycles. The molecule has 6 heterocycles. The molecule has 0 N–H and O–H groups in total. The molecule has 186 valence electrons. The van der Waals surface area contributed by atoms with Crippen LogP contribution in [0.5, 0.6) is 0 Å². The Labute approximate surface area is 255 Å². The van der Waals surface area contributed by atoms with E-state index in [1.807, 2.05) is 56.7 Å². The summed E-state index contributed by atoms with van der Waals surface area (Å²) < 4.78 is 12.3. The Morgan fingerprint density at radius 2 is 0.744 bits per heavy atom. The number of hydrogen-bond donors (Lipinski definition) is 0. The van der Waals surface area contributed by atoms with Crippen LogP contribution in [0.4, 0.5) is 0 Å². The van der Waals surface area contributed by atoms with Crippen molar-refractivity contribution in [1.82, 2.24) is 0 Å². The molecule has 0 unspecified atom stereocenters. The summed E-state index contributed by atoms with van der Waals surface area (Å²) in [7, 11) is 0. The van der Waals surface area contributed by atoms with Gasteiger partial charge in [-0.1, -0.05) is 0 Å². The van der Waals surface area contributed by atoms with Crippen molar-refractivity contribution in [1.29, 1.82) is 0 Å². The summed E-state index contributed by atoms with van der Waals surface area (Å²) in [5, 5.41) is 17.5. The van der Waals surface area contributed by atoms with Crippen LogP contribution in [-0.4, -0.2) is 0 Å². The molecule has 7 heteroatoms. The van der Waals surface area contributed by atoms with Crippen LogP contribution in [0.3, 0.4) is 0 Å². The predicted octanol–water partition coefficient (Wildman–Crippen LogP) is 13.7. The minimum Gasteiger partial charge on any atom is -0.144 e. The number of thiophene rings is 6. The second-order valence-corrected chi connectivity index (χ2v) is 17.0. The van der Waals surface area contributed by atoms with Crippen LogP contribution >= 0.6 is 84.0 Å². The van der Waals surface area contributed by atoms with Gasteiger partial charge in [0.2, 0.25) is 0 Å². The summed E-state index contributed by atoms with van der Waals surface area (Å²) in [6.07, 6.45) is 0. The van der Waals surface area contributed by atoms with Gasteiger partial charge in [0.1, 0.15) is 0 Å². The van der Waals surface area contributed by atoms with Crippen molar-refractivity contribution in [3.63, 3.8) is 0 Å². The fourth-order valence-corrected chi connectivity index (χ4v) is 12.0. The van der Waals surface area contributed by atoms with E-state index in [1.54, 1.807) is 11.3 Å². The predicted molar refractivity (Wildman–Crippen MR) is 188 cm³/mol. The third-order valence-electron chi connectivity index (χ3n) is 7.27. The van der Waals surface area contributed by atoms with Crippen molar-refractivity contribution >= 4 is 165 Å². The van der Waals surface area contributed by atoms with Gasteiger partial charge in [0.15, 0.2) is 0 Å². The van der Waals surface area contributed by atoms with Crippen molar-refractivity contribution in [2.75, 3.05) is 0 Å². The lowest BCUT2D eigenvalue weighted by molar-refractivity contribution is 2.00. The number of fused-ring (bicyclic) bond motifs is 10. The third kappa shape index (κ3) is 3.75. The minimum absolute atomic E-state index is 1.20. The first-order chi connectivity index (χ1) is 19.2. The van der Waals surface area contributed by atoms with E-state index >= 15 is 0 Å². The third-order valence-corrected chi connectivity index (χ3v) is 13.7. The monoisotopic (exact) mass is 670 g/mol. The van der Waals surface area contributed by atoms with E-state index in [-0.39, 0.29) is 0 Å². The quantitative estimate of drug-likeness (QED) is 0.151. The van der Waals surface area contributed by atoms with Gasteiger partial charge in [0.05, 0.1) is 3.79 Å². The normalized spacial score (nSPS) is 12.2. The Bertz CT molecular complexity index is 2440. The number of hydrogen-bond acceptors (Lipinski definition) is 6. The van der Waals surface area contributed by atoms with E-state index in [1.165, 1.54) is 84.5 Å². The first kappa shape index (κ1) is 23.4. The molecule has 0 saturated carbocycles. The van der Waals surface area contributed by atoms with E-state index < -0.39 is 0 Å². The van der Waals surface area contributed by atoms with Crippen LogP contribution in [-0.2, 0) is 0 Å². The van der Waals surface area contributed by atoms with Gasteiger partial charge >= 0.3 is 0 Å². The van der Waals surface area contributed by atoms with Crippen LogP contribution in [0.15, 0.2) is 92.7 Å². The zero-order valence-electron chi connectivity index (χ0n) is 20.0. The molecule has 0 spiro atoms. The maximum atomic E-state index is 3.59. The van der Waals surface area contributed by atoms with Gasteiger partial charge < -0.3 is 0 Å². The smallest absolute Gasteiger partial charge is 0.0711 e. The van der Waals surface area contributed by atoms with E-state index in [9.17, 15) is 0 Å². The lowest BCUT2D eigenvalue weighted by Crippen LogP contribution is -1.67. The van der Waals surface area contributed by atoms with E-state index in [4.69, 9.17) is 0 Å². The van der Waals surface area contributed by atoms with Crippen molar-refractivity contribution in [3.05, 3.63) is 92.7 Å². The molecule has 0 bridgehead atoms. The van der Waals surface area contributed by atoms with Gasteiger partial charge in [-0.2, -0.15) is 0 Å². The van der Waals surface area contributed by atoms with Crippen molar-refractivity contribution in [2.24, 2.45) is 0 Å².